The van der Waals surface area contributed by atoms with E-state index >= 15 is 0 Å². The summed E-state index contributed by atoms with van der Waals surface area (Å²) in [5.41, 5.74) is 3.17. The molecule has 2 aromatic heterocycles. The lowest BCUT2D eigenvalue weighted by Gasteiger charge is -2.51. The molecule has 3 rings (SSSR count). The van der Waals surface area contributed by atoms with Crippen molar-refractivity contribution in [1.29, 1.82) is 0 Å². The maximum absolute atomic E-state index is 5.75. The van der Waals surface area contributed by atoms with Gasteiger partial charge in [-0.3, -0.25) is 10.5 Å². The van der Waals surface area contributed by atoms with Gasteiger partial charge >= 0.3 is 0 Å². The van der Waals surface area contributed by atoms with E-state index in [4.69, 9.17) is 10.6 Å². The first kappa shape index (κ1) is 14.0. The van der Waals surface area contributed by atoms with Gasteiger partial charge in [0.1, 0.15) is 5.82 Å². The van der Waals surface area contributed by atoms with Crippen LogP contribution in [0, 0.1) is 5.41 Å². The highest BCUT2D eigenvalue weighted by Crippen LogP contribution is 2.44. The average molecular weight is 291 g/mol. The van der Waals surface area contributed by atoms with E-state index in [1.807, 2.05) is 6.92 Å². The van der Waals surface area contributed by atoms with E-state index in [1.165, 1.54) is 0 Å². The van der Waals surface area contributed by atoms with Crippen molar-refractivity contribution >= 4 is 22.8 Å². The molecule has 21 heavy (non-hydrogen) atoms. The highest BCUT2D eigenvalue weighted by molar-refractivity contribution is 5.87. The van der Waals surface area contributed by atoms with Crippen LogP contribution < -0.4 is 16.6 Å². The Morgan fingerprint density at radius 3 is 2.95 bits per heavy atom. The monoisotopic (exact) mass is 291 g/mol. The molecule has 0 spiro atoms. The van der Waals surface area contributed by atoms with Gasteiger partial charge in [-0.05, 0) is 13.3 Å². The third kappa shape index (κ3) is 2.30. The van der Waals surface area contributed by atoms with Gasteiger partial charge in [0.05, 0.1) is 17.7 Å². The lowest BCUT2D eigenvalue weighted by atomic mass is 9.64. The summed E-state index contributed by atoms with van der Waals surface area (Å²) in [5.74, 6) is 6.50. The number of aromatic amines is 1. The van der Waals surface area contributed by atoms with Gasteiger partial charge in [-0.15, -0.1) is 0 Å². The van der Waals surface area contributed by atoms with Crippen LogP contribution in [-0.2, 0) is 4.74 Å². The van der Waals surface area contributed by atoms with Crippen molar-refractivity contribution < 1.29 is 4.74 Å². The van der Waals surface area contributed by atoms with Crippen LogP contribution in [0.4, 0.5) is 11.8 Å². The van der Waals surface area contributed by atoms with Gasteiger partial charge in [0.25, 0.3) is 0 Å². The molecule has 1 saturated carbocycles. The molecule has 0 aliphatic heterocycles. The Morgan fingerprint density at radius 2 is 2.29 bits per heavy atom. The highest BCUT2D eigenvalue weighted by Gasteiger charge is 2.49. The summed E-state index contributed by atoms with van der Waals surface area (Å²) in [7, 11) is 0. The van der Waals surface area contributed by atoms with E-state index in [0.717, 1.165) is 24.2 Å². The zero-order chi connectivity index (χ0) is 15.0. The van der Waals surface area contributed by atoms with Gasteiger partial charge in [-0.1, -0.05) is 13.8 Å². The lowest BCUT2D eigenvalue weighted by Crippen LogP contribution is -2.58. The zero-order valence-corrected chi connectivity index (χ0v) is 12.5. The fourth-order valence-corrected chi connectivity index (χ4v) is 2.79. The summed E-state index contributed by atoms with van der Waals surface area (Å²) in [6.07, 6.45) is 2.94. The van der Waals surface area contributed by atoms with E-state index < -0.39 is 0 Å². The fourth-order valence-electron chi connectivity index (χ4n) is 2.79. The minimum absolute atomic E-state index is 0.0489. The zero-order valence-electron chi connectivity index (χ0n) is 12.5. The predicted octanol–water partition coefficient (Wildman–Crippen LogP) is 1.25. The second kappa shape index (κ2) is 5.12. The van der Waals surface area contributed by atoms with E-state index in [2.05, 4.69) is 44.8 Å². The Bertz CT molecular complexity index is 638. The first-order valence-electron chi connectivity index (χ1n) is 7.12. The molecular weight excluding hydrogens is 270 g/mol. The molecule has 0 saturated heterocycles. The summed E-state index contributed by atoms with van der Waals surface area (Å²) in [6, 6.07) is 0.285. The van der Waals surface area contributed by atoms with E-state index in [-0.39, 0.29) is 17.6 Å². The molecule has 2 heterocycles. The molecule has 1 fully saturated rings. The molecule has 0 amide bonds. The summed E-state index contributed by atoms with van der Waals surface area (Å²) in [4.78, 5) is 8.61. The average Bonchev–Trinajstić information content (AvgIpc) is 2.94. The van der Waals surface area contributed by atoms with Gasteiger partial charge in [-0.2, -0.15) is 15.1 Å². The van der Waals surface area contributed by atoms with Crippen molar-refractivity contribution in [3.05, 3.63) is 6.20 Å². The van der Waals surface area contributed by atoms with Crippen molar-refractivity contribution in [2.24, 2.45) is 11.3 Å². The predicted molar refractivity (Wildman–Crippen MR) is 80.7 cm³/mol. The first-order valence-corrected chi connectivity index (χ1v) is 7.12. The number of fused-ring (bicyclic) bond motifs is 1. The van der Waals surface area contributed by atoms with Gasteiger partial charge in [0.2, 0.25) is 5.95 Å². The summed E-state index contributed by atoms with van der Waals surface area (Å²) in [5, 5.41) is 11.2. The lowest BCUT2D eigenvalue weighted by molar-refractivity contribution is -0.0976. The van der Waals surface area contributed by atoms with Crippen LogP contribution in [0.3, 0.4) is 0 Å². The van der Waals surface area contributed by atoms with Gasteiger partial charge in [0, 0.05) is 18.1 Å². The maximum atomic E-state index is 5.75. The maximum Gasteiger partial charge on any atom is 0.241 e. The second-order valence-electron chi connectivity index (χ2n) is 5.87. The van der Waals surface area contributed by atoms with Gasteiger partial charge in [0.15, 0.2) is 5.65 Å². The first-order chi connectivity index (χ1) is 10.1. The van der Waals surface area contributed by atoms with Gasteiger partial charge in [-0.25, -0.2) is 5.84 Å². The van der Waals surface area contributed by atoms with Crippen LogP contribution in [-0.4, -0.2) is 38.9 Å². The van der Waals surface area contributed by atoms with Crippen molar-refractivity contribution in [3.63, 3.8) is 0 Å². The number of ether oxygens (including phenoxy) is 1. The van der Waals surface area contributed by atoms with Crippen molar-refractivity contribution in [1.82, 2.24) is 20.2 Å². The topological polar surface area (TPSA) is 114 Å². The van der Waals surface area contributed by atoms with Crippen LogP contribution in [0.15, 0.2) is 6.20 Å². The number of hydrogen-bond acceptors (Lipinski definition) is 7. The van der Waals surface area contributed by atoms with Crippen molar-refractivity contribution in [2.45, 2.75) is 39.3 Å². The standard InChI is InChI=1S/C13H21N7O/c1-4-21-9-5-8(13(9,2)3)16-10-7-6-15-20-11(7)18-12(17-10)19-14/h6,8-9H,4-5,14H2,1-3H3,(H3,15,16,17,18,19,20). The Kier molecular flexibility index (Phi) is 3.42. The third-order valence-corrected chi connectivity index (χ3v) is 4.30. The Labute approximate surface area is 122 Å². The summed E-state index contributed by atoms with van der Waals surface area (Å²) < 4.78 is 5.75. The third-order valence-electron chi connectivity index (χ3n) is 4.30. The number of anilines is 2. The number of nitrogens with two attached hydrogens (primary N) is 1. The SMILES string of the molecule is CCOC1CC(Nc2nc(NN)nc3[nH]ncc23)C1(C)C. The molecule has 2 unspecified atom stereocenters. The molecular formula is C13H21N7O. The fraction of sp³-hybridized carbons (Fsp3) is 0.615. The number of nitrogens with one attached hydrogen (secondary N) is 3. The number of hydrogen-bond donors (Lipinski definition) is 4. The minimum Gasteiger partial charge on any atom is -0.378 e. The molecule has 0 aromatic carbocycles. The quantitative estimate of drug-likeness (QED) is 0.484. The summed E-state index contributed by atoms with van der Waals surface area (Å²) >= 11 is 0. The van der Waals surface area contributed by atoms with Crippen LogP contribution in [0.5, 0.6) is 0 Å². The molecule has 1 aliphatic rings. The van der Waals surface area contributed by atoms with E-state index in [1.54, 1.807) is 6.20 Å². The van der Waals surface area contributed by atoms with Crippen LogP contribution >= 0.6 is 0 Å². The highest BCUT2D eigenvalue weighted by atomic mass is 16.5. The molecule has 2 aromatic rings. The summed E-state index contributed by atoms with van der Waals surface area (Å²) in [6.45, 7) is 7.16. The van der Waals surface area contributed by atoms with Crippen LogP contribution in [0.1, 0.15) is 27.2 Å². The Morgan fingerprint density at radius 1 is 1.48 bits per heavy atom. The van der Waals surface area contributed by atoms with E-state index in [0.29, 0.717) is 11.6 Å². The van der Waals surface area contributed by atoms with E-state index in [9.17, 15) is 0 Å². The van der Waals surface area contributed by atoms with Crippen molar-refractivity contribution in [2.75, 3.05) is 17.3 Å². The Hall–Kier alpha value is -1.93. The normalized spacial score (nSPS) is 23.8. The van der Waals surface area contributed by atoms with Crippen molar-refractivity contribution in [3.8, 4) is 0 Å². The van der Waals surface area contributed by atoms with Crippen LogP contribution in [0.25, 0.3) is 11.0 Å². The molecule has 1 aliphatic carbocycles. The molecule has 114 valence electrons. The largest absolute Gasteiger partial charge is 0.378 e. The number of nitrogens with zero attached hydrogens (tertiary/aromatic N) is 3. The number of H-pyrrole nitrogens is 1. The number of nitrogen functional groups attached to an aromatic ring is 1. The Balaban J connectivity index is 1.84. The number of aromatic nitrogens is 4. The molecule has 8 heteroatoms. The van der Waals surface area contributed by atoms with Gasteiger partial charge < -0.3 is 10.1 Å². The molecule has 2 atom stereocenters. The minimum atomic E-state index is 0.0489. The molecule has 8 nitrogen and oxygen atoms in total. The smallest absolute Gasteiger partial charge is 0.241 e. The molecule has 5 N–H and O–H groups in total. The number of hydrazine groups is 1. The molecule has 0 radical (unpaired) electrons. The number of rotatable bonds is 5. The van der Waals surface area contributed by atoms with Crippen LogP contribution in [0.2, 0.25) is 0 Å². The second-order valence-corrected chi connectivity index (χ2v) is 5.87. The molecule has 0 bridgehead atoms.